The number of amides is 1. The van der Waals surface area contributed by atoms with Crippen LogP contribution in [0.25, 0.3) is 0 Å². The first-order valence-electron chi connectivity index (χ1n) is 5.27. The quantitative estimate of drug-likeness (QED) is 0.883. The molecule has 0 spiro atoms. The molecule has 0 bridgehead atoms. The van der Waals surface area contributed by atoms with Crippen LogP contribution in [0.3, 0.4) is 0 Å². The second-order valence-corrected chi connectivity index (χ2v) is 5.82. The highest BCUT2D eigenvalue weighted by molar-refractivity contribution is 7.92. The Hall–Kier alpha value is -2.13. The number of carbonyl (C=O) groups is 1. The van der Waals surface area contributed by atoms with Gasteiger partial charge in [-0.1, -0.05) is 11.6 Å². The van der Waals surface area contributed by atoms with E-state index in [2.05, 4.69) is 25.0 Å². The van der Waals surface area contributed by atoms with Crippen molar-refractivity contribution in [2.75, 3.05) is 10.0 Å². The van der Waals surface area contributed by atoms with Crippen molar-refractivity contribution >= 4 is 39.2 Å². The molecule has 2 rings (SSSR count). The topological polar surface area (TPSA) is 114 Å². The molecule has 0 fully saturated rings. The summed E-state index contributed by atoms with van der Waals surface area (Å²) in [5, 5.41) is 9.45. The number of aromatic nitrogens is 2. The lowest BCUT2D eigenvalue weighted by molar-refractivity contribution is -0.114. The predicted octanol–water partition coefficient (Wildman–Crippen LogP) is 1.48. The lowest BCUT2D eigenvalue weighted by atomic mass is 10.4. The number of hydrogen-bond acceptors (Lipinski definition) is 6. The molecule has 1 aromatic heterocycles. The fourth-order valence-electron chi connectivity index (χ4n) is 1.30. The third kappa shape index (κ3) is 3.25. The number of nitrogens with zero attached hydrogens (tertiary/aromatic N) is 2. The van der Waals surface area contributed by atoms with Crippen molar-refractivity contribution in [1.29, 1.82) is 0 Å². The summed E-state index contributed by atoms with van der Waals surface area (Å²) >= 11 is 5.69. The van der Waals surface area contributed by atoms with E-state index < -0.39 is 15.9 Å². The summed E-state index contributed by atoms with van der Waals surface area (Å²) in [5.41, 5.74) is 0. The smallest absolute Gasteiger partial charge is 0.263 e. The van der Waals surface area contributed by atoms with Crippen LogP contribution in [-0.2, 0) is 14.8 Å². The fourth-order valence-corrected chi connectivity index (χ4v) is 2.43. The average molecular weight is 317 g/mol. The van der Waals surface area contributed by atoms with E-state index in [1.165, 1.54) is 31.2 Å². The van der Waals surface area contributed by atoms with E-state index in [0.717, 1.165) is 0 Å². The Morgan fingerprint density at radius 3 is 2.40 bits per heavy atom. The standard InChI is InChI=1S/C10H9ClN4O4S/c1-6(16)12-9-10(14-19-13-9)15-20(17,18)8-4-2-7(11)3-5-8/h2-5H,1H3,(H,14,15)(H,12,13,16). The van der Waals surface area contributed by atoms with Crippen molar-refractivity contribution in [1.82, 2.24) is 10.3 Å². The number of hydrogen-bond donors (Lipinski definition) is 2. The van der Waals surface area contributed by atoms with Gasteiger partial charge in [0.15, 0.2) is 0 Å². The highest BCUT2D eigenvalue weighted by Crippen LogP contribution is 2.21. The maximum absolute atomic E-state index is 12.1. The molecule has 10 heteroatoms. The van der Waals surface area contributed by atoms with Crippen LogP contribution in [-0.4, -0.2) is 24.6 Å². The van der Waals surface area contributed by atoms with Gasteiger partial charge in [-0.05, 0) is 34.6 Å². The third-order valence-electron chi connectivity index (χ3n) is 2.14. The predicted molar refractivity (Wildman–Crippen MR) is 70.9 cm³/mol. The molecule has 0 aliphatic carbocycles. The minimum absolute atomic E-state index is 0.0151. The zero-order chi connectivity index (χ0) is 14.8. The van der Waals surface area contributed by atoms with Crippen molar-refractivity contribution in [2.45, 2.75) is 11.8 Å². The third-order valence-corrected chi connectivity index (χ3v) is 3.74. The molecule has 20 heavy (non-hydrogen) atoms. The summed E-state index contributed by atoms with van der Waals surface area (Å²) in [6, 6.07) is 5.53. The normalized spacial score (nSPS) is 11.1. The highest BCUT2D eigenvalue weighted by atomic mass is 35.5. The summed E-state index contributed by atoms with van der Waals surface area (Å²) in [4.78, 5) is 10.9. The molecule has 0 saturated heterocycles. The molecule has 106 valence electrons. The number of benzene rings is 1. The Kier molecular flexibility index (Phi) is 3.91. The van der Waals surface area contributed by atoms with Crippen molar-refractivity contribution in [3.63, 3.8) is 0 Å². The molecule has 1 heterocycles. The number of sulfonamides is 1. The zero-order valence-electron chi connectivity index (χ0n) is 10.1. The molecule has 0 aliphatic heterocycles. The highest BCUT2D eigenvalue weighted by Gasteiger charge is 2.20. The second kappa shape index (κ2) is 5.47. The van der Waals surface area contributed by atoms with Gasteiger partial charge in [0.1, 0.15) is 0 Å². The summed E-state index contributed by atoms with van der Waals surface area (Å²) in [6.07, 6.45) is 0. The van der Waals surface area contributed by atoms with Gasteiger partial charge in [-0.3, -0.25) is 9.52 Å². The maximum Gasteiger partial charge on any atom is 0.263 e. The molecule has 0 aliphatic rings. The van der Waals surface area contributed by atoms with Crippen LogP contribution in [0.1, 0.15) is 6.92 Å². The van der Waals surface area contributed by atoms with Crippen LogP contribution < -0.4 is 10.0 Å². The van der Waals surface area contributed by atoms with Gasteiger partial charge in [0.2, 0.25) is 17.5 Å². The van der Waals surface area contributed by atoms with Gasteiger partial charge < -0.3 is 5.32 Å². The number of anilines is 2. The summed E-state index contributed by atoms with van der Waals surface area (Å²) in [6.45, 7) is 1.24. The lowest BCUT2D eigenvalue weighted by Gasteiger charge is -2.06. The summed E-state index contributed by atoms with van der Waals surface area (Å²) in [7, 11) is -3.88. The molecule has 0 atom stereocenters. The van der Waals surface area contributed by atoms with E-state index in [1.54, 1.807) is 0 Å². The molecule has 0 saturated carbocycles. The van der Waals surface area contributed by atoms with E-state index in [4.69, 9.17) is 11.6 Å². The molecule has 1 amide bonds. The zero-order valence-corrected chi connectivity index (χ0v) is 11.7. The minimum Gasteiger partial charge on any atom is -0.305 e. The van der Waals surface area contributed by atoms with E-state index in [-0.39, 0.29) is 16.5 Å². The SMILES string of the molecule is CC(=O)Nc1nonc1NS(=O)(=O)c1ccc(Cl)cc1. The van der Waals surface area contributed by atoms with Gasteiger partial charge in [-0.15, -0.1) is 0 Å². The first kappa shape index (κ1) is 14.3. The van der Waals surface area contributed by atoms with Crippen LogP contribution >= 0.6 is 11.6 Å². The number of carbonyl (C=O) groups excluding carboxylic acids is 1. The number of rotatable bonds is 4. The van der Waals surface area contributed by atoms with Crippen molar-refractivity contribution in [2.24, 2.45) is 0 Å². The maximum atomic E-state index is 12.1. The fraction of sp³-hybridized carbons (Fsp3) is 0.100. The summed E-state index contributed by atoms with van der Waals surface area (Å²) < 4.78 is 30.7. The average Bonchev–Trinajstić information content (AvgIpc) is 2.75. The Morgan fingerprint density at radius 1 is 1.20 bits per heavy atom. The molecule has 2 aromatic rings. The lowest BCUT2D eigenvalue weighted by Crippen LogP contribution is -2.15. The molecule has 1 aromatic carbocycles. The Balaban J connectivity index is 2.27. The largest absolute Gasteiger partial charge is 0.305 e. The van der Waals surface area contributed by atoms with E-state index in [0.29, 0.717) is 5.02 Å². The van der Waals surface area contributed by atoms with Gasteiger partial charge in [0, 0.05) is 11.9 Å². The van der Waals surface area contributed by atoms with E-state index >= 15 is 0 Å². The number of nitrogens with one attached hydrogen (secondary N) is 2. The minimum atomic E-state index is -3.88. The van der Waals surface area contributed by atoms with Crippen LogP contribution in [0.15, 0.2) is 33.8 Å². The molecule has 0 unspecified atom stereocenters. The Labute approximate surface area is 119 Å². The molecular formula is C10H9ClN4O4S. The first-order valence-corrected chi connectivity index (χ1v) is 7.13. The Morgan fingerprint density at radius 2 is 1.80 bits per heavy atom. The molecular weight excluding hydrogens is 308 g/mol. The van der Waals surface area contributed by atoms with Gasteiger partial charge >= 0.3 is 0 Å². The second-order valence-electron chi connectivity index (χ2n) is 3.70. The van der Waals surface area contributed by atoms with Gasteiger partial charge in [-0.25, -0.2) is 13.0 Å². The van der Waals surface area contributed by atoms with Crippen LogP contribution in [0.4, 0.5) is 11.6 Å². The molecule has 2 N–H and O–H groups in total. The first-order chi connectivity index (χ1) is 9.38. The van der Waals surface area contributed by atoms with E-state index in [1.807, 2.05) is 0 Å². The van der Waals surface area contributed by atoms with Gasteiger partial charge in [0.05, 0.1) is 4.90 Å². The van der Waals surface area contributed by atoms with Crippen LogP contribution in [0.5, 0.6) is 0 Å². The van der Waals surface area contributed by atoms with Crippen molar-refractivity contribution in [3.05, 3.63) is 29.3 Å². The van der Waals surface area contributed by atoms with Crippen molar-refractivity contribution in [3.8, 4) is 0 Å². The molecule has 8 nitrogen and oxygen atoms in total. The van der Waals surface area contributed by atoms with Gasteiger partial charge in [-0.2, -0.15) is 0 Å². The summed E-state index contributed by atoms with van der Waals surface area (Å²) in [5.74, 6) is -0.766. The van der Waals surface area contributed by atoms with Crippen LogP contribution in [0, 0.1) is 0 Å². The van der Waals surface area contributed by atoms with Gasteiger partial charge in [0.25, 0.3) is 10.0 Å². The Bertz CT molecular complexity index is 726. The van der Waals surface area contributed by atoms with Crippen LogP contribution in [0.2, 0.25) is 5.02 Å². The van der Waals surface area contributed by atoms with Crippen molar-refractivity contribution < 1.29 is 17.8 Å². The molecule has 0 radical (unpaired) electrons. The van der Waals surface area contributed by atoms with E-state index in [9.17, 15) is 13.2 Å². The number of halogens is 1. The monoisotopic (exact) mass is 316 g/mol.